The van der Waals surface area contributed by atoms with Crippen molar-refractivity contribution < 1.29 is 19.1 Å². The SMILES string of the molecule is COc1ccccc1OCC1c2ccsc2CCN1C(=O)CN(C(=O)C(C)C)C1CC1. The molecule has 2 aromatic rings. The van der Waals surface area contributed by atoms with E-state index in [4.69, 9.17) is 9.47 Å². The number of fused-ring (bicyclic) bond motifs is 1. The summed E-state index contributed by atoms with van der Waals surface area (Å²) in [5.74, 6) is 1.28. The second-order valence-electron chi connectivity index (χ2n) is 8.47. The minimum Gasteiger partial charge on any atom is -0.493 e. The van der Waals surface area contributed by atoms with Crippen molar-refractivity contribution in [2.75, 3.05) is 26.8 Å². The van der Waals surface area contributed by atoms with Crippen molar-refractivity contribution in [2.24, 2.45) is 5.92 Å². The largest absolute Gasteiger partial charge is 0.493 e. The number of hydrogen-bond acceptors (Lipinski definition) is 5. The zero-order valence-electron chi connectivity index (χ0n) is 18.4. The van der Waals surface area contributed by atoms with Crippen LogP contribution in [0.5, 0.6) is 11.5 Å². The van der Waals surface area contributed by atoms with Gasteiger partial charge in [-0.15, -0.1) is 11.3 Å². The average Bonchev–Trinajstić information content (AvgIpc) is 3.51. The van der Waals surface area contributed by atoms with Crippen LogP contribution in [0.4, 0.5) is 0 Å². The minimum absolute atomic E-state index is 0.00798. The predicted octanol–water partition coefficient (Wildman–Crippen LogP) is 3.91. The molecule has 7 heteroatoms. The standard InChI is InChI=1S/C24H30N2O4S/c1-16(2)24(28)26(17-8-9-17)14-23(27)25-12-10-22-18(11-13-31-22)19(25)15-30-21-7-5-4-6-20(21)29-3/h4-7,11,13,16-17,19H,8-10,12,14-15H2,1-3H3. The van der Waals surface area contributed by atoms with Crippen LogP contribution in [0, 0.1) is 5.92 Å². The van der Waals surface area contributed by atoms with Crippen LogP contribution in [0.15, 0.2) is 35.7 Å². The van der Waals surface area contributed by atoms with Crippen molar-refractivity contribution in [3.63, 3.8) is 0 Å². The first kappa shape index (κ1) is 21.7. The van der Waals surface area contributed by atoms with Crippen LogP contribution in [-0.4, -0.2) is 54.5 Å². The fourth-order valence-electron chi connectivity index (χ4n) is 4.12. The summed E-state index contributed by atoms with van der Waals surface area (Å²) in [6, 6.07) is 9.66. The number of nitrogens with zero attached hydrogens (tertiary/aromatic N) is 2. The van der Waals surface area contributed by atoms with E-state index in [0.717, 1.165) is 24.8 Å². The Morgan fingerprint density at radius 1 is 1.19 bits per heavy atom. The van der Waals surface area contributed by atoms with Crippen LogP contribution in [0.1, 0.15) is 43.2 Å². The van der Waals surface area contributed by atoms with Crippen LogP contribution in [0.25, 0.3) is 0 Å². The van der Waals surface area contributed by atoms with Gasteiger partial charge in [-0.1, -0.05) is 26.0 Å². The van der Waals surface area contributed by atoms with Crippen molar-refractivity contribution in [1.29, 1.82) is 0 Å². The van der Waals surface area contributed by atoms with E-state index in [9.17, 15) is 9.59 Å². The predicted molar refractivity (Wildman–Crippen MR) is 121 cm³/mol. The molecule has 1 aromatic heterocycles. The molecule has 0 N–H and O–H groups in total. The molecule has 1 saturated carbocycles. The fraction of sp³-hybridized carbons (Fsp3) is 0.500. The minimum atomic E-state index is -0.178. The molecular formula is C24H30N2O4S. The molecular weight excluding hydrogens is 412 g/mol. The molecule has 1 fully saturated rings. The first-order valence-corrected chi connectivity index (χ1v) is 11.8. The Kier molecular flexibility index (Phi) is 6.51. The van der Waals surface area contributed by atoms with Gasteiger partial charge in [-0.3, -0.25) is 9.59 Å². The number of benzene rings is 1. The first-order valence-electron chi connectivity index (χ1n) is 10.9. The highest BCUT2D eigenvalue weighted by Gasteiger charge is 2.38. The molecule has 31 heavy (non-hydrogen) atoms. The molecule has 6 nitrogen and oxygen atoms in total. The summed E-state index contributed by atoms with van der Waals surface area (Å²) in [5.41, 5.74) is 1.15. The molecule has 4 rings (SSSR count). The lowest BCUT2D eigenvalue weighted by molar-refractivity contribution is -0.144. The zero-order valence-corrected chi connectivity index (χ0v) is 19.2. The summed E-state index contributed by atoms with van der Waals surface area (Å²) in [6.07, 6.45) is 2.81. The third-order valence-electron chi connectivity index (χ3n) is 5.95. The van der Waals surface area contributed by atoms with Crippen LogP contribution in [-0.2, 0) is 16.0 Å². The molecule has 1 atom stereocenters. The highest BCUT2D eigenvalue weighted by Crippen LogP contribution is 2.36. The Balaban J connectivity index is 1.52. The van der Waals surface area contributed by atoms with Gasteiger partial charge in [-0.25, -0.2) is 0 Å². The monoisotopic (exact) mass is 442 g/mol. The van der Waals surface area contributed by atoms with E-state index in [-0.39, 0.29) is 36.4 Å². The number of hydrogen-bond donors (Lipinski definition) is 0. The van der Waals surface area contributed by atoms with Crippen molar-refractivity contribution in [2.45, 2.75) is 45.2 Å². The number of carbonyl (C=O) groups is 2. The molecule has 2 aliphatic rings. The Morgan fingerprint density at radius 3 is 2.61 bits per heavy atom. The Hall–Kier alpha value is -2.54. The first-order chi connectivity index (χ1) is 15.0. The topological polar surface area (TPSA) is 59.1 Å². The number of rotatable bonds is 8. The summed E-state index contributed by atoms with van der Waals surface area (Å²) in [7, 11) is 1.62. The van der Waals surface area contributed by atoms with Gasteiger partial charge in [0.1, 0.15) is 13.2 Å². The second kappa shape index (κ2) is 9.30. The zero-order chi connectivity index (χ0) is 22.0. The van der Waals surface area contributed by atoms with Crippen molar-refractivity contribution in [3.8, 4) is 11.5 Å². The molecule has 1 unspecified atom stereocenters. The van der Waals surface area contributed by atoms with Gasteiger partial charge in [0.05, 0.1) is 13.2 Å². The lowest BCUT2D eigenvalue weighted by Gasteiger charge is -2.37. The van der Waals surface area contributed by atoms with E-state index in [0.29, 0.717) is 24.7 Å². The molecule has 1 aliphatic carbocycles. The number of thiophene rings is 1. The molecule has 1 aromatic carbocycles. The quantitative estimate of drug-likeness (QED) is 0.622. The number of ether oxygens (including phenoxy) is 2. The highest BCUT2D eigenvalue weighted by molar-refractivity contribution is 7.10. The lowest BCUT2D eigenvalue weighted by atomic mass is 10.00. The molecule has 2 heterocycles. The van der Waals surface area contributed by atoms with Gasteiger partial charge in [0.15, 0.2) is 11.5 Å². The van der Waals surface area contributed by atoms with Gasteiger partial charge in [-0.05, 0) is 48.4 Å². The van der Waals surface area contributed by atoms with E-state index >= 15 is 0 Å². The van der Waals surface area contributed by atoms with Crippen LogP contribution in [0.3, 0.4) is 0 Å². The van der Waals surface area contributed by atoms with Crippen molar-refractivity contribution in [3.05, 3.63) is 46.2 Å². The Bertz CT molecular complexity index is 937. The maximum atomic E-state index is 13.4. The molecule has 0 spiro atoms. The van der Waals surface area contributed by atoms with E-state index in [1.54, 1.807) is 23.3 Å². The maximum absolute atomic E-state index is 13.4. The Labute approximate surface area is 187 Å². The summed E-state index contributed by atoms with van der Waals surface area (Å²) < 4.78 is 11.5. The lowest BCUT2D eigenvalue weighted by Crippen LogP contribution is -2.49. The maximum Gasteiger partial charge on any atom is 0.242 e. The molecule has 0 bridgehead atoms. The van der Waals surface area contributed by atoms with E-state index in [1.165, 1.54) is 4.88 Å². The van der Waals surface area contributed by atoms with Gasteiger partial charge in [0.25, 0.3) is 0 Å². The third-order valence-corrected chi connectivity index (χ3v) is 6.95. The summed E-state index contributed by atoms with van der Waals surface area (Å²) in [6.45, 7) is 4.92. The number of para-hydroxylation sites is 2. The van der Waals surface area contributed by atoms with Crippen molar-refractivity contribution >= 4 is 23.2 Å². The van der Waals surface area contributed by atoms with Gasteiger partial charge >= 0.3 is 0 Å². The van der Waals surface area contributed by atoms with Gasteiger partial charge in [0.2, 0.25) is 11.8 Å². The molecule has 1 aliphatic heterocycles. The van der Waals surface area contributed by atoms with E-state index in [1.807, 2.05) is 43.0 Å². The molecule has 0 radical (unpaired) electrons. The van der Waals surface area contributed by atoms with E-state index < -0.39 is 0 Å². The normalized spacial score (nSPS) is 17.9. The molecule has 2 amide bonds. The van der Waals surface area contributed by atoms with Gasteiger partial charge in [-0.2, -0.15) is 0 Å². The smallest absolute Gasteiger partial charge is 0.242 e. The second-order valence-corrected chi connectivity index (χ2v) is 9.47. The van der Waals surface area contributed by atoms with Crippen LogP contribution < -0.4 is 9.47 Å². The van der Waals surface area contributed by atoms with Crippen LogP contribution >= 0.6 is 11.3 Å². The summed E-state index contributed by atoms with van der Waals surface area (Å²) in [4.78, 5) is 31.1. The number of methoxy groups -OCH3 is 1. The van der Waals surface area contributed by atoms with Crippen molar-refractivity contribution in [1.82, 2.24) is 9.80 Å². The third kappa shape index (κ3) is 4.71. The number of carbonyl (C=O) groups excluding carboxylic acids is 2. The summed E-state index contributed by atoms with van der Waals surface area (Å²) >= 11 is 1.73. The Morgan fingerprint density at radius 2 is 1.94 bits per heavy atom. The van der Waals surface area contributed by atoms with E-state index in [2.05, 4.69) is 11.4 Å². The van der Waals surface area contributed by atoms with Gasteiger partial charge in [0, 0.05) is 23.4 Å². The number of amides is 2. The average molecular weight is 443 g/mol. The van der Waals surface area contributed by atoms with Crippen LogP contribution in [0.2, 0.25) is 0 Å². The molecule has 166 valence electrons. The van der Waals surface area contributed by atoms with Gasteiger partial charge < -0.3 is 19.3 Å². The fourth-order valence-corrected chi connectivity index (χ4v) is 5.05. The summed E-state index contributed by atoms with van der Waals surface area (Å²) in [5, 5.41) is 2.08. The molecule has 0 saturated heterocycles. The highest BCUT2D eigenvalue weighted by atomic mass is 32.1.